The molecule has 0 saturated heterocycles. The number of rotatable bonds is 4. The third-order valence-corrected chi connectivity index (χ3v) is 4.79. The summed E-state index contributed by atoms with van der Waals surface area (Å²) >= 11 is 0. The van der Waals surface area contributed by atoms with E-state index in [4.69, 9.17) is 4.99 Å². The first kappa shape index (κ1) is 17.3. The van der Waals surface area contributed by atoms with Crippen LogP contribution in [0.15, 0.2) is 41.5 Å². The third-order valence-electron chi connectivity index (χ3n) is 4.79. The van der Waals surface area contributed by atoms with E-state index in [0.717, 1.165) is 28.5 Å². The first-order valence-electron chi connectivity index (χ1n) is 9.08. The molecule has 4 rings (SSSR count). The first-order chi connectivity index (χ1) is 13.0. The van der Waals surface area contributed by atoms with Crippen molar-refractivity contribution in [3.05, 3.63) is 59.4 Å². The van der Waals surface area contributed by atoms with Gasteiger partial charge in [-0.3, -0.25) is 19.0 Å². The van der Waals surface area contributed by atoms with Gasteiger partial charge in [0.15, 0.2) is 5.82 Å². The highest BCUT2D eigenvalue weighted by molar-refractivity contribution is 6.14. The van der Waals surface area contributed by atoms with Crippen LogP contribution in [0.3, 0.4) is 0 Å². The van der Waals surface area contributed by atoms with Gasteiger partial charge in [-0.15, -0.1) is 10.2 Å². The van der Waals surface area contributed by atoms with Gasteiger partial charge in [-0.25, -0.2) is 0 Å². The molecule has 7 heteroatoms. The van der Waals surface area contributed by atoms with Crippen molar-refractivity contribution in [3.8, 4) is 5.69 Å². The zero-order valence-electron chi connectivity index (χ0n) is 15.9. The molecule has 138 valence electrons. The zero-order valence-corrected chi connectivity index (χ0v) is 15.9. The Morgan fingerprint density at radius 3 is 2.63 bits per heavy atom. The van der Waals surface area contributed by atoms with Crippen LogP contribution >= 0.6 is 0 Å². The summed E-state index contributed by atoms with van der Waals surface area (Å²) in [5.41, 5.74) is 3.40. The Morgan fingerprint density at radius 1 is 1.19 bits per heavy atom. The molecule has 0 unspecified atom stereocenters. The molecule has 1 aromatic carbocycles. The smallest absolute Gasteiger partial charge is 0.163 e. The first-order valence-corrected chi connectivity index (χ1v) is 9.08. The molecule has 0 aliphatic carbocycles. The molecule has 0 bridgehead atoms. The molecule has 0 N–H and O–H groups in total. The second kappa shape index (κ2) is 6.57. The quantitative estimate of drug-likeness (QED) is 0.715. The Hall–Kier alpha value is -3.09. The van der Waals surface area contributed by atoms with Crippen molar-refractivity contribution in [2.45, 2.75) is 33.2 Å². The van der Waals surface area contributed by atoms with Gasteiger partial charge < -0.3 is 0 Å². The SMILES string of the molecule is Cc1nnc2n1-c1cn(C)nc1C(c1ccccc1)=N[C@H]2CC(=O)C(C)C. The lowest BCUT2D eigenvalue weighted by molar-refractivity contribution is -0.122. The van der Waals surface area contributed by atoms with Crippen molar-refractivity contribution < 1.29 is 4.79 Å². The lowest BCUT2D eigenvalue weighted by Gasteiger charge is -2.13. The van der Waals surface area contributed by atoms with Crippen LogP contribution in [0.25, 0.3) is 5.69 Å². The van der Waals surface area contributed by atoms with E-state index in [-0.39, 0.29) is 11.7 Å². The van der Waals surface area contributed by atoms with Crippen molar-refractivity contribution in [1.82, 2.24) is 24.5 Å². The molecule has 2 aromatic heterocycles. The molecule has 7 nitrogen and oxygen atoms in total. The van der Waals surface area contributed by atoms with Gasteiger partial charge in [0, 0.05) is 31.1 Å². The fourth-order valence-electron chi connectivity index (χ4n) is 3.35. The molecule has 3 heterocycles. The van der Waals surface area contributed by atoms with Gasteiger partial charge in [-0.05, 0) is 6.92 Å². The van der Waals surface area contributed by atoms with Gasteiger partial charge in [0.2, 0.25) is 0 Å². The van der Waals surface area contributed by atoms with Crippen molar-refractivity contribution in [3.63, 3.8) is 0 Å². The Kier molecular flexibility index (Phi) is 4.22. The summed E-state index contributed by atoms with van der Waals surface area (Å²) in [6.45, 7) is 5.72. The summed E-state index contributed by atoms with van der Waals surface area (Å²) in [4.78, 5) is 17.5. The minimum absolute atomic E-state index is 0.0525. The molecule has 0 fully saturated rings. The van der Waals surface area contributed by atoms with Crippen LogP contribution in [0.5, 0.6) is 0 Å². The van der Waals surface area contributed by atoms with Crippen molar-refractivity contribution >= 4 is 11.5 Å². The Bertz CT molecular complexity index is 1030. The number of nitrogens with zero attached hydrogens (tertiary/aromatic N) is 6. The van der Waals surface area contributed by atoms with Gasteiger partial charge in [0.1, 0.15) is 23.3 Å². The second-order valence-corrected chi connectivity index (χ2v) is 7.16. The van der Waals surface area contributed by atoms with Gasteiger partial charge >= 0.3 is 0 Å². The summed E-state index contributed by atoms with van der Waals surface area (Å²) in [7, 11) is 1.89. The number of Topliss-reactive ketones (excluding diaryl/α,β-unsaturated/α-hetero) is 1. The second-order valence-electron chi connectivity index (χ2n) is 7.16. The highest BCUT2D eigenvalue weighted by Gasteiger charge is 2.31. The number of fused-ring (bicyclic) bond motifs is 3. The number of aryl methyl sites for hydroxylation is 2. The molecule has 1 aliphatic heterocycles. The predicted molar refractivity (Wildman–Crippen MR) is 102 cm³/mol. The minimum atomic E-state index is -0.393. The van der Waals surface area contributed by atoms with E-state index in [0.29, 0.717) is 12.2 Å². The number of hydrogen-bond donors (Lipinski definition) is 0. The highest BCUT2D eigenvalue weighted by Crippen LogP contribution is 2.32. The fourth-order valence-corrected chi connectivity index (χ4v) is 3.35. The number of hydrogen-bond acceptors (Lipinski definition) is 5. The fraction of sp³-hybridized carbons (Fsp3) is 0.350. The lowest BCUT2D eigenvalue weighted by Crippen LogP contribution is -2.15. The third kappa shape index (κ3) is 2.99. The molecule has 3 aromatic rings. The van der Waals surface area contributed by atoms with Crippen molar-refractivity contribution in [2.24, 2.45) is 18.0 Å². The number of carbonyl (C=O) groups excluding carboxylic acids is 1. The van der Waals surface area contributed by atoms with Gasteiger partial charge in [0.05, 0.1) is 11.4 Å². The Balaban J connectivity index is 1.95. The molecular weight excluding hydrogens is 340 g/mol. The Labute approximate surface area is 157 Å². The Morgan fingerprint density at radius 2 is 1.93 bits per heavy atom. The number of aliphatic imine (C=N–C) groups is 1. The summed E-state index contributed by atoms with van der Waals surface area (Å²) in [6, 6.07) is 9.56. The number of carbonyl (C=O) groups is 1. The van der Waals surface area contributed by atoms with Crippen molar-refractivity contribution in [2.75, 3.05) is 0 Å². The molecule has 0 radical (unpaired) electrons. The van der Waals surface area contributed by atoms with E-state index < -0.39 is 6.04 Å². The van der Waals surface area contributed by atoms with Crippen LogP contribution in [0, 0.1) is 12.8 Å². The van der Waals surface area contributed by atoms with E-state index in [9.17, 15) is 4.79 Å². The maximum absolute atomic E-state index is 12.5. The highest BCUT2D eigenvalue weighted by atomic mass is 16.1. The van der Waals surface area contributed by atoms with Gasteiger partial charge in [-0.2, -0.15) is 5.10 Å². The van der Waals surface area contributed by atoms with Crippen LogP contribution in [0.4, 0.5) is 0 Å². The van der Waals surface area contributed by atoms with E-state index in [1.54, 1.807) is 4.68 Å². The summed E-state index contributed by atoms with van der Waals surface area (Å²) in [6.07, 6.45) is 2.24. The van der Waals surface area contributed by atoms with Crippen LogP contribution in [0.1, 0.15) is 49.2 Å². The van der Waals surface area contributed by atoms with Gasteiger partial charge in [-0.1, -0.05) is 44.2 Å². The van der Waals surface area contributed by atoms with Crippen LogP contribution in [0.2, 0.25) is 0 Å². The lowest BCUT2D eigenvalue weighted by atomic mass is 10.0. The van der Waals surface area contributed by atoms with Crippen LogP contribution < -0.4 is 0 Å². The molecule has 0 amide bonds. The van der Waals surface area contributed by atoms with Crippen molar-refractivity contribution in [1.29, 1.82) is 0 Å². The number of aromatic nitrogens is 5. The average Bonchev–Trinajstić information content (AvgIpc) is 3.18. The van der Waals surface area contributed by atoms with E-state index in [1.165, 1.54) is 0 Å². The standard InChI is InChI=1S/C20H22N6O/c1-12(2)17(27)10-15-20-23-22-13(3)26(20)16-11-25(4)24-19(16)18(21-15)14-8-6-5-7-9-14/h5-9,11-12,15H,10H2,1-4H3/t15-/m0/s1. The van der Waals surface area contributed by atoms with E-state index >= 15 is 0 Å². The molecule has 27 heavy (non-hydrogen) atoms. The maximum Gasteiger partial charge on any atom is 0.163 e. The average molecular weight is 362 g/mol. The topological polar surface area (TPSA) is 78.0 Å². The predicted octanol–water partition coefficient (Wildman–Crippen LogP) is 2.82. The van der Waals surface area contributed by atoms with Crippen LogP contribution in [-0.4, -0.2) is 36.0 Å². The molecule has 0 saturated carbocycles. The molecular formula is C20H22N6O. The molecule has 1 aliphatic rings. The molecule has 0 spiro atoms. The maximum atomic E-state index is 12.5. The zero-order chi connectivity index (χ0) is 19.1. The van der Waals surface area contributed by atoms with Crippen LogP contribution in [-0.2, 0) is 11.8 Å². The van der Waals surface area contributed by atoms with Gasteiger partial charge in [0.25, 0.3) is 0 Å². The van der Waals surface area contributed by atoms with E-state index in [1.807, 2.05) is 68.9 Å². The molecule has 1 atom stereocenters. The minimum Gasteiger partial charge on any atom is -0.299 e. The summed E-state index contributed by atoms with van der Waals surface area (Å²) in [5.74, 6) is 1.54. The summed E-state index contributed by atoms with van der Waals surface area (Å²) in [5, 5.41) is 13.3. The monoisotopic (exact) mass is 362 g/mol. The number of benzene rings is 1. The number of ketones is 1. The summed E-state index contributed by atoms with van der Waals surface area (Å²) < 4.78 is 3.74. The normalized spacial score (nSPS) is 15.9. The largest absolute Gasteiger partial charge is 0.299 e. The van der Waals surface area contributed by atoms with E-state index in [2.05, 4.69) is 15.3 Å².